The largest absolute Gasteiger partial charge is 0.449 e. The summed E-state index contributed by atoms with van der Waals surface area (Å²) >= 11 is 0. The molecule has 2 amide bonds. The second-order valence-electron chi connectivity index (χ2n) is 8.96. The summed E-state index contributed by atoms with van der Waals surface area (Å²) in [5.41, 5.74) is 5.77. The van der Waals surface area contributed by atoms with Gasteiger partial charge in [0.15, 0.2) is 0 Å². The molecule has 3 N–H and O–H groups in total. The van der Waals surface area contributed by atoms with E-state index in [1.54, 1.807) is 4.90 Å². The minimum absolute atomic E-state index is 0.0488. The molecule has 0 radical (unpaired) electrons. The number of likely N-dealkylation sites (tertiary alicyclic amines) is 1. The summed E-state index contributed by atoms with van der Waals surface area (Å²) in [6, 6.07) is 7.87. The van der Waals surface area contributed by atoms with Gasteiger partial charge in [0.05, 0.1) is 23.4 Å². The van der Waals surface area contributed by atoms with Crippen LogP contribution >= 0.6 is 0 Å². The average molecular weight is 463 g/mol. The van der Waals surface area contributed by atoms with E-state index in [4.69, 9.17) is 14.7 Å². The van der Waals surface area contributed by atoms with Crippen LogP contribution in [0, 0.1) is 6.92 Å². The maximum Gasteiger partial charge on any atom is 0.409 e. The number of H-pyrrole nitrogens is 1. The fraction of sp³-hybridized carbons (Fsp3) is 0.440. The highest BCUT2D eigenvalue weighted by molar-refractivity contribution is 5.99. The quantitative estimate of drug-likeness (QED) is 0.482. The molecule has 1 aromatic carbocycles. The highest BCUT2D eigenvalue weighted by atomic mass is 16.6. The van der Waals surface area contributed by atoms with Gasteiger partial charge in [-0.15, -0.1) is 0 Å². The molecule has 9 heteroatoms. The molecule has 2 aliphatic rings. The summed E-state index contributed by atoms with van der Waals surface area (Å²) in [6.07, 6.45) is 3.23. The van der Waals surface area contributed by atoms with Gasteiger partial charge in [0.1, 0.15) is 11.3 Å². The van der Waals surface area contributed by atoms with Crippen molar-refractivity contribution in [3.8, 4) is 11.3 Å². The molecular weight excluding hydrogens is 432 g/mol. The first-order valence-corrected chi connectivity index (χ1v) is 12.0. The first-order valence-electron chi connectivity index (χ1n) is 12.0. The molecule has 0 aliphatic carbocycles. The fourth-order valence-corrected chi connectivity index (χ4v) is 4.59. The number of benzene rings is 1. The van der Waals surface area contributed by atoms with Gasteiger partial charge in [-0.3, -0.25) is 4.79 Å². The number of nitrogens with one attached hydrogen (secondary N) is 3. The van der Waals surface area contributed by atoms with E-state index >= 15 is 0 Å². The zero-order chi connectivity index (χ0) is 23.7. The number of amides is 2. The van der Waals surface area contributed by atoms with Crippen LogP contribution in [0.3, 0.4) is 0 Å². The normalized spacial score (nSPS) is 17.5. The van der Waals surface area contributed by atoms with Gasteiger partial charge in [-0.1, -0.05) is 25.5 Å². The Labute approximate surface area is 198 Å². The third kappa shape index (κ3) is 4.30. The van der Waals surface area contributed by atoms with Crippen LogP contribution in [0.2, 0.25) is 0 Å². The lowest BCUT2D eigenvalue weighted by Gasteiger charge is -2.18. The number of rotatable bonds is 6. The molecule has 3 aromatic rings. The highest BCUT2D eigenvalue weighted by Gasteiger charge is 2.28. The van der Waals surface area contributed by atoms with Crippen LogP contribution < -0.4 is 10.6 Å². The van der Waals surface area contributed by atoms with Crippen LogP contribution in [-0.4, -0.2) is 64.1 Å². The van der Waals surface area contributed by atoms with Crippen LogP contribution in [-0.2, 0) is 11.2 Å². The van der Waals surface area contributed by atoms with Crippen LogP contribution in [0.25, 0.3) is 22.3 Å². The standard InChI is InChI=1S/C25H30N6O3/c1-3-4-12-34-25(33)31-11-9-16(14-31)28-23-15(2)27-20-7-5-6-17(22(20)30-23)21-13-18-19(29-21)8-10-26-24(18)32/h5-7,13,16,29H,3-4,8-12,14H2,1-2H3,(H,26,32)(H,28,30). The summed E-state index contributed by atoms with van der Waals surface area (Å²) in [4.78, 5) is 39.4. The Morgan fingerprint density at radius 2 is 2.18 bits per heavy atom. The number of fused-ring (bicyclic) bond motifs is 2. The molecule has 1 atom stereocenters. The third-order valence-electron chi connectivity index (χ3n) is 6.47. The molecule has 5 rings (SSSR count). The second-order valence-corrected chi connectivity index (χ2v) is 8.96. The number of para-hydroxylation sites is 1. The number of aryl methyl sites for hydroxylation is 1. The first-order chi connectivity index (χ1) is 16.5. The predicted molar refractivity (Wildman–Crippen MR) is 130 cm³/mol. The number of hydrogen-bond donors (Lipinski definition) is 3. The van der Waals surface area contributed by atoms with Gasteiger partial charge >= 0.3 is 6.09 Å². The number of unbranched alkanes of at least 4 members (excludes halogenated alkanes) is 1. The van der Waals surface area contributed by atoms with Gasteiger partial charge in [0.25, 0.3) is 5.91 Å². The molecule has 2 aromatic heterocycles. The summed E-state index contributed by atoms with van der Waals surface area (Å²) in [6.45, 7) is 6.34. The summed E-state index contributed by atoms with van der Waals surface area (Å²) in [7, 11) is 0. The van der Waals surface area contributed by atoms with Crippen molar-refractivity contribution in [1.29, 1.82) is 0 Å². The van der Waals surface area contributed by atoms with Crippen molar-refractivity contribution >= 4 is 28.9 Å². The Morgan fingerprint density at radius 1 is 1.29 bits per heavy atom. The van der Waals surface area contributed by atoms with Crippen molar-refractivity contribution < 1.29 is 14.3 Å². The van der Waals surface area contributed by atoms with Crippen molar-refractivity contribution in [2.24, 2.45) is 0 Å². The van der Waals surface area contributed by atoms with E-state index in [0.29, 0.717) is 37.6 Å². The fourth-order valence-electron chi connectivity index (χ4n) is 4.59. The Hall–Kier alpha value is -3.62. The lowest BCUT2D eigenvalue weighted by molar-refractivity contribution is 0.0945. The van der Waals surface area contributed by atoms with Crippen LogP contribution in [0.15, 0.2) is 24.3 Å². The number of carbonyl (C=O) groups is 2. The number of ether oxygens (including phenoxy) is 1. The minimum atomic E-state index is -0.249. The maximum absolute atomic E-state index is 12.3. The minimum Gasteiger partial charge on any atom is -0.449 e. The molecule has 1 saturated heterocycles. The smallest absolute Gasteiger partial charge is 0.409 e. The van der Waals surface area contributed by atoms with Gasteiger partial charge in [0, 0.05) is 49.0 Å². The molecule has 178 valence electrons. The monoisotopic (exact) mass is 462 g/mol. The van der Waals surface area contributed by atoms with E-state index in [0.717, 1.165) is 59.4 Å². The lowest BCUT2D eigenvalue weighted by atomic mass is 10.1. The van der Waals surface area contributed by atoms with Crippen molar-refractivity contribution in [2.45, 2.75) is 45.6 Å². The second kappa shape index (κ2) is 9.32. The van der Waals surface area contributed by atoms with Gasteiger partial charge in [-0.25, -0.2) is 14.8 Å². The van der Waals surface area contributed by atoms with E-state index in [-0.39, 0.29) is 18.0 Å². The van der Waals surface area contributed by atoms with E-state index < -0.39 is 0 Å². The van der Waals surface area contributed by atoms with Crippen molar-refractivity contribution in [2.75, 3.05) is 31.6 Å². The molecule has 1 unspecified atom stereocenters. The van der Waals surface area contributed by atoms with Gasteiger partial charge in [-0.05, 0) is 31.9 Å². The topological polar surface area (TPSA) is 112 Å². The van der Waals surface area contributed by atoms with Gasteiger partial charge in [0.2, 0.25) is 0 Å². The van der Waals surface area contributed by atoms with Crippen molar-refractivity contribution in [3.05, 3.63) is 41.2 Å². The van der Waals surface area contributed by atoms with E-state index in [1.807, 2.05) is 31.2 Å². The third-order valence-corrected chi connectivity index (χ3v) is 6.47. The molecular formula is C25H30N6O3. The summed E-state index contributed by atoms with van der Waals surface area (Å²) in [5, 5.41) is 6.38. The molecule has 0 saturated carbocycles. The average Bonchev–Trinajstić information content (AvgIpc) is 3.47. The zero-order valence-electron chi connectivity index (χ0n) is 19.6. The number of hydrogen-bond acceptors (Lipinski definition) is 6. The maximum atomic E-state index is 12.3. The highest BCUT2D eigenvalue weighted by Crippen LogP contribution is 2.30. The zero-order valence-corrected chi connectivity index (χ0v) is 19.6. The van der Waals surface area contributed by atoms with Gasteiger partial charge < -0.3 is 25.3 Å². The van der Waals surface area contributed by atoms with Crippen LogP contribution in [0.4, 0.5) is 10.6 Å². The van der Waals surface area contributed by atoms with E-state index in [2.05, 4.69) is 22.5 Å². The molecule has 2 aliphatic heterocycles. The van der Waals surface area contributed by atoms with Crippen LogP contribution in [0.5, 0.6) is 0 Å². The number of carbonyl (C=O) groups excluding carboxylic acids is 2. The number of anilines is 1. The summed E-state index contributed by atoms with van der Waals surface area (Å²) in [5.74, 6) is 0.660. The SMILES string of the molecule is CCCCOC(=O)N1CCC(Nc2nc3c(-c4cc5c([nH]4)CCNC5=O)cccc3nc2C)C1. The lowest BCUT2D eigenvalue weighted by Crippen LogP contribution is -2.32. The molecule has 9 nitrogen and oxygen atoms in total. The van der Waals surface area contributed by atoms with Crippen molar-refractivity contribution in [3.63, 3.8) is 0 Å². The molecule has 0 bridgehead atoms. The Kier molecular flexibility index (Phi) is 6.08. The number of nitrogens with zero attached hydrogens (tertiary/aromatic N) is 3. The molecule has 1 fully saturated rings. The van der Waals surface area contributed by atoms with Crippen molar-refractivity contribution in [1.82, 2.24) is 25.2 Å². The van der Waals surface area contributed by atoms with E-state index in [1.165, 1.54) is 0 Å². The summed E-state index contributed by atoms with van der Waals surface area (Å²) < 4.78 is 5.35. The number of aromatic amines is 1. The Morgan fingerprint density at radius 3 is 3.00 bits per heavy atom. The predicted octanol–water partition coefficient (Wildman–Crippen LogP) is 3.64. The van der Waals surface area contributed by atoms with Gasteiger partial charge in [-0.2, -0.15) is 0 Å². The number of aromatic nitrogens is 3. The Bertz CT molecular complexity index is 1240. The Balaban J connectivity index is 1.38. The first kappa shape index (κ1) is 22.2. The molecule has 0 spiro atoms. The van der Waals surface area contributed by atoms with E-state index in [9.17, 15) is 9.59 Å². The molecule has 34 heavy (non-hydrogen) atoms. The van der Waals surface area contributed by atoms with Crippen LogP contribution in [0.1, 0.15) is 47.9 Å². The molecule has 4 heterocycles.